The minimum Gasteiger partial charge on any atom is -0.367 e. The number of aromatic nitrogens is 2. The number of hydrogen-bond donors (Lipinski definition) is 2. The van der Waals surface area contributed by atoms with Crippen molar-refractivity contribution in [3.63, 3.8) is 0 Å². The summed E-state index contributed by atoms with van der Waals surface area (Å²) in [7, 11) is 0. The number of rotatable bonds is 4. The number of nitrogens with zero attached hydrogens (tertiary/aromatic N) is 2. The summed E-state index contributed by atoms with van der Waals surface area (Å²) in [6.07, 6.45) is 5.60. The van der Waals surface area contributed by atoms with Gasteiger partial charge in [-0.25, -0.2) is 4.98 Å². The maximum Gasteiger partial charge on any atom is 0.224 e. The summed E-state index contributed by atoms with van der Waals surface area (Å²) in [6, 6.07) is 2.50. The highest BCUT2D eigenvalue weighted by molar-refractivity contribution is 5.40. The largest absolute Gasteiger partial charge is 0.367 e. The molecule has 1 fully saturated rings. The molecule has 1 aliphatic rings. The summed E-state index contributed by atoms with van der Waals surface area (Å²) in [6.45, 7) is 7.60. The Morgan fingerprint density at radius 3 is 2.83 bits per heavy atom. The maximum atomic E-state index is 4.47. The first-order chi connectivity index (χ1) is 8.69. The Bertz CT molecular complexity index is 380. The van der Waals surface area contributed by atoms with Crippen molar-refractivity contribution < 1.29 is 0 Å². The zero-order valence-electron chi connectivity index (χ0n) is 11.6. The van der Waals surface area contributed by atoms with Crippen LogP contribution in [-0.4, -0.2) is 22.6 Å². The summed E-state index contributed by atoms with van der Waals surface area (Å²) < 4.78 is 0. The molecule has 1 heterocycles. The van der Waals surface area contributed by atoms with Gasteiger partial charge in [0, 0.05) is 18.8 Å². The van der Waals surface area contributed by atoms with E-state index in [1.54, 1.807) is 0 Å². The van der Waals surface area contributed by atoms with Gasteiger partial charge in [0.05, 0.1) is 0 Å². The molecule has 2 N–H and O–H groups in total. The fourth-order valence-corrected chi connectivity index (χ4v) is 2.57. The molecule has 3 unspecified atom stereocenters. The van der Waals surface area contributed by atoms with Gasteiger partial charge in [0.15, 0.2) is 0 Å². The van der Waals surface area contributed by atoms with Crippen LogP contribution in [0.3, 0.4) is 0 Å². The first-order valence-corrected chi connectivity index (χ1v) is 7.02. The van der Waals surface area contributed by atoms with E-state index in [1.165, 1.54) is 19.3 Å². The quantitative estimate of drug-likeness (QED) is 0.859. The van der Waals surface area contributed by atoms with E-state index in [4.69, 9.17) is 0 Å². The first-order valence-electron chi connectivity index (χ1n) is 7.02. The minimum absolute atomic E-state index is 0.556. The van der Waals surface area contributed by atoms with Gasteiger partial charge in [-0.3, -0.25) is 0 Å². The smallest absolute Gasteiger partial charge is 0.224 e. The van der Waals surface area contributed by atoms with Crippen LogP contribution in [0.4, 0.5) is 11.8 Å². The fraction of sp³-hybridized carbons (Fsp3) is 0.714. The van der Waals surface area contributed by atoms with Gasteiger partial charge >= 0.3 is 0 Å². The van der Waals surface area contributed by atoms with Crippen molar-refractivity contribution in [1.29, 1.82) is 0 Å². The summed E-state index contributed by atoms with van der Waals surface area (Å²) in [5.41, 5.74) is 0. The molecule has 0 saturated heterocycles. The van der Waals surface area contributed by atoms with Gasteiger partial charge in [-0.1, -0.05) is 13.8 Å². The lowest BCUT2D eigenvalue weighted by Crippen LogP contribution is -2.30. The van der Waals surface area contributed by atoms with Crippen molar-refractivity contribution in [3.8, 4) is 0 Å². The predicted molar refractivity (Wildman–Crippen MR) is 75.8 cm³/mol. The topological polar surface area (TPSA) is 49.8 Å². The van der Waals surface area contributed by atoms with Gasteiger partial charge in [0.1, 0.15) is 5.82 Å². The van der Waals surface area contributed by atoms with Gasteiger partial charge in [0.2, 0.25) is 5.95 Å². The Kier molecular flexibility index (Phi) is 4.39. The summed E-state index contributed by atoms with van der Waals surface area (Å²) >= 11 is 0. The SMILES string of the molecule is CCNc1nccc(NC2CCC(C)C(C)C2)n1. The Labute approximate surface area is 110 Å². The van der Waals surface area contributed by atoms with E-state index < -0.39 is 0 Å². The third-order valence-electron chi connectivity index (χ3n) is 3.94. The molecule has 100 valence electrons. The molecule has 3 atom stereocenters. The van der Waals surface area contributed by atoms with Crippen LogP contribution in [0.15, 0.2) is 12.3 Å². The van der Waals surface area contributed by atoms with Gasteiger partial charge in [0.25, 0.3) is 0 Å². The average molecular weight is 248 g/mol. The highest BCUT2D eigenvalue weighted by Crippen LogP contribution is 2.30. The van der Waals surface area contributed by atoms with E-state index in [0.29, 0.717) is 12.0 Å². The molecular weight excluding hydrogens is 224 g/mol. The van der Waals surface area contributed by atoms with Crippen LogP contribution in [-0.2, 0) is 0 Å². The van der Waals surface area contributed by atoms with Crippen molar-refractivity contribution in [3.05, 3.63) is 12.3 Å². The van der Waals surface area contributed by atoms with E-state index in [2.05, 4.69) is 34.4 Å². The third kappa shape index (κ3) is 3.34. The third-order valence-corrected chi connectivity index (χ3v) is 3.94. The standard InChI is InChI=1S/C14H24N4/c1-4-15-14-16-8-7-13(18-14)17-12-6-5-10(2)11(3)9-12/h7-8,10-12H,4-6,9H2,1-3H3,(H2,15,16,17,18). The van der Waals surface area contributed by atoms with E-state index in [9.17, 15) is 0 Å². The van der Waals surface area contributed by atoms with Gasteiger partial charge < -0.3 is 10.6 Å². The van der Waals surface area contributed by atoms with Crippen molar-refractivity contribution >= 4 is 11.8 Å². The van der Waals surface area contributed by atoms with Crippen molar-refractivity contribution in [2.75, 3.05) is 17.2 Å². The van der Waals surface area contributed by atoms with Crippen molar-refractivity contribution in [1.82, 2.24) is 9.97 Å². The second kappa shape index (κ2) is 6.03. The monoisotopic (exact) mass is 248 g/mol. The molecule has 0 bridgehead atoms. The lowest BCUT2D eigenvalue weighted by molar-refractivity contribution is 0.260. The minimum atomic E-state index is 0.556. The first kappa shape index (κ1) is 13.1. The number of anilines is 2. The Hall–Kier alpha value is -1.32. The summed E-state index contributed by atoms with van der Waals surface area (Å²) in [5.74, 6) is 3.30. The molecule has 0 spiro atoms. The Balaban J connectivity index is 1.94. The summed E-state index contributed by atoms with van der Waals surface area (Å²) in [5, 5.41) is 6.68. The van der Waals surface area contributed by atoms with Crippen LogP contribution >= 0.6 is 0 Å². The Morgan fingerprint density at radius 2 is 2.11 bits per heavy atom. The molecule has 1 aromatic rings. The Morgan fingerprint density at radius 1 is 1.28 bits per heavy atom. The van der Waals surface area contributed by atoms with Crippen LogP contribution < -0.4 is 10.6 Å². The molecule has 0 amide bonds. The van der Waals surface area contributed by atoms with Gasteiger partial charge in [-0.2, -0.15) is 4.98 Å². The lowest BCUT2D eigenvalue weighted by atomic mass is 9.79. The van der Waals surface area contributed by atoms with E-state index >= 15 is 0 Å². The maximum absolute atomic E-state index is 4.47. The molecule has 4 nitrogen and oxygen atoms in total. The van der Waals surface area contributed by atoms with E-state index in [0.717, 1.165) is 24.2 Å². The molecule has 0 aromatic carbocycles. The fourth-order valence-electron chi connectivity index (χ4n) is 2.57. The van der Waals surface area contributed by atoms with Crippen LogP contribution in [0.2, 0.25) is 0 Å². The zero-order chi connectivity index (χ0) is 13.0. The van der Waals surface area contributed by atoms with E-state index in [1.807, 2.05) is 19.2 Å². The number of nitrogens with one attached hydrogen (secondary N) is 2. The average Bonchev–Trinajstić information content (AvgIpc) is 2.35. The summed E-state index contributed by atoms with van der Waals surface area (Å²) in [4.78, 5) is 8.65. The molecule has 1 aliphatic carbocycles. The van der Waals surface area contributed by atoms with Gasteiger partial charge in [-0.15, -0.1) is 0 Å². The molecule has 1 aromatic heterocycles. The highest BCUT2D eigenvalue weighted by atomic mass is 15.1. The van der Waals surface area contributed by atoms with Crippen LogP contribution in [0.25, 0.3) is 0 Å². The molecular formula is C14H24N4. The number of hydrogen-bond acceptors (Lipinski definition) is 4. The predicted octanol–water partition coefficient (Wildman–Crippen LogP) is 3.15. The van der Waals surface area contributed by atoms with Crippen molar-refractivity contribution in [2.24, 2.45) is 11.8 Å². The molecule has 0 aliphatic heterocycles. The molecule has 4 heteroatoms. The zero-order valence-corrected chi connectivity index (χ0v) is 11.6. The second-order valence-electron chi connectivity index (χ2n) is 5.40. The van der Waals surface area contributed by atoms with Crippen LogP contribution in [0, 0.1) is 11.8 Å². The van der Waals surface area contributed by atoms with Gasteiger partial charge in [-0.05, 0) is 44.1 Å². The van der Waals surface area contributed by atoms with Crippen LogP contribution in [0.5, 0.6) is 0 Å². The second-order valence-corrected chi connectivity index (χ2v) is 5.40. The van der Waals surface area contributed by atoms with Crippen molar-refractivity contribution in [2.45, 2.75) is 46.1 Å². The molecule has 18 heavy (non-hydrogen) atoms. The normalized spacial score (nSPS) is 27.8. The molecule has 1 saturated carbocycles. The molecule has 2 rings (SSSR count). The molecule has 0 radical (unpaired) electrons. The van der Waals surface area contributed by atoms with E-state index in [-0.39, 0.29) is 0 Å². The highest BCUT2D eigenvalue weighted by Gasteiger charge is 2.24. The lowest BCUT2D eigenvalue weighted by Gasteiger charge is -2.32. The van der Waals surface area contributed by atoms with Crippen LogP contribution in [0.1, 0.15) is 40.0 Å².